The average molecular weight is 569 g/mol. The number of hydrogen-bond acceptors (Lipinski definition) is 7. The fourth-order valence-corrected chi connectivity index (χ4v) is 6.57. The van der Waals surface area contributed by atoms with Gasteiger partial charge in [0.15, 0.2) is 0 Å². The predicted molar refractivity (Wildman–Crippen MR) is 167 cm³/mol. The van der Waals surface area contributed by atoms with E-state index in [0.29, 0.717) is 11.4 Å². The summed E-state index contributed by atoms with van der Waals surface area (Å²) in [6.07, 6.45) is 3.38. The second-order valence-electron chi connectivity index (χ2n) is 8.99. The second kappa shape index (κ2) is 12.2. The minimum absolute atomic E-state index is 0.508. The van der Waals surface area contributed by atoms with Crippen molar-refractivity contribution < 1.29 is 13.2 Å². The summed E-state index contributed by atoms with van der Waals surface area (Å²) in [6, 6.07) is 39.4. The van der Waals surface area contributed by atoms with E-state index in [4.69, 9.17) is 3.63 Å². The van der Waals surface area contributed by atoms with Crippen molar-refractivity contribution in [1.29, 1.82) is 0 Å². The number of carbonyl (C=O) groups excluding carboxylic acids is 2. The molecule has 0 aliphatic carbocycles. The van der Waals surface area contributed by atoms with Crippen LogP contribution in [-0.2, 0) is 13.2 Å². The number of hydrogen-bond donors (Lipinski definition) is 0. The van der Waals surface area contributed by atoms with Crippen molar-refractivity contribution in [1.82, 2.24) is 0 Å². The Bertz CT molecular complexity index is 1860. The van der Waals surface area contributed by atoms with Crippen molar-refractivity contribution in [3.8, 4) is 22.3 Å². The molecule has 0 bridgehead atoms. The van der Waals surface area contributed by atoms with Gasteiger partial charge in [-0.2, -0.15) is 9.98 Å². The molecule has 5 nitrogen and oxygen atoms in total. The summed E-state index contributed by atoms with van der Waals surface area (Å²) in [5.74, 6) is 0. The third-order valence-electron chi connectivity index (χ3n) is 6.71. The van der Waals surface area contributed by atoms with Gasteiger partial charge in [0.05, 0.1) is 11.4 Å². The highest BCUT2D eigenvalue weighted by Gasteiger charge is 2.18. The van der Waals surface area contributed by atoms with E-state index < -0.39 is 0 Å². The summed E-state index contributed by atoms with van der Waals surface area (Å²) in [7, 11) is 0. The zero-order valence-electron chi connectivity index (χ0n) is 21.5. The van der Waals surface area contributed by atoms with Crippen molar-refractivity contribution in [2.75, 3.05) is 0 Å². The molecular weight excluding hydrogens is 549 g/mol. The van der Waals surface area contributed by atoms with Gasteiger partial charge < -0.3 is 0 Å². The maximum atomic E-state index is 11.3. The Morgan fingerprint density at radius 2 is 0.902 bits per heavy atom. The van der Waals surface area contributed by atoms with Gasteiger partial charge in [0.2, 0.25) is 12.2 Å². The first-order chi connectivity index (χ1) is 20.3. The molecular formula is C34H20N2O3S2. The van der Waals surface area contributed by atoms with Gasteiger partial charge >= 0.3 is 0 Å². The van der Waals surface area contributed by atoms with E-state index in [1.807, 2.05) is 109 Å². The van der Waals surface area contributed by atoms with E-state index >= 15 is 0 Å². The Morgan fingerprint density at radius 1 is 0.488 bits per heavy atom. The molecule has 0 atom stereocenters. The van der Waals surface area contributed by atoms with Crippen LogP contribution >= 0.6 is 24.1 Å². The third kappa shape index (κ3) is 5.37. The zero-order valence-corrected chi connectivity index (χ0v) is 23.1. The molecule has 0 fully saturated rings. The van der Waals surface area contributed by atoms with Crippen molar-refractivity contribution in [2.45, 2.75) is 9.79 Å². The van der Waals surface area contributed by atoms with Crippen LogP contribution < -0.4 is 0 Å². The SMILES string of the molecule is O=C=Nc1cccc(SOSc2cccc(N=C=O)c2-c2cccc3ccccc23)c1-c1cccc2ccccc12. The van der Waals surface area contributed by atoms with Crippen LogP contribution in [0.15, 0.2) is 141 Å². The van der Waals surface area contributed by atoms with Gasteiger partial charge in [-0.05, 0) is 56.9 Å². The Kier molecular flexibility index (Phi) is 7.88. The van der Waals surface area contributed by atoms with Gasteiger partial charge in [-0.15, -0.1) is 0 Å². The van der Waals surface area contributed by atoms with E-state index in [-0.39, 0.29) is 0 Å². The largest absolute Gasteiger partial charge is 0.240 e. The van der Waals surface area contributed by atoms with Crippen molar-refractivity contribution in [2.24, 2.45) is 9.98 Å². The number of rotatable bonds is 8. The van der Waals surface area contributed by atoms with Crippen molar-refractivity contribution >= 4 is 69.2 Å². The molecule has 7 heteroatoms. The van der Waals surface area contributed by atoms with Gasteiger partial charge in [0, 0.05) is 45.0 Å². The van der Waals surface area contributed by atoms with Crippen LogP contribution in [0.2, 0.25) is 0 Å². The Labute approximate surface area is 245 Å². The van der Waals surface area contributed by atoms with Gasteiger partial charge in [-0.3, -0.25) is 0 Å². The summed E-state index contributed by atoms with van der Waals surface area (Å²) >= 11 is 2.35. The van der Waals surface area contributed by atoms with Crippen molar-refractivity contribution in [3.05, 3.63) is 121 Å². The Balaban J connectivity index is 1.40. The fraction of sp³-hybridized carbons (Fsp3) is 0. The molecule has 0 aliphatic rings. The van der Waals surface area contributed by atoms with Crippen LogP contribution in [-0.4, -0.2) is 12.2 Å². The first kappa shape index (κ1) is 26.5. The maximum Gasteiger partial charge on any atom is 0.240 e. The van der Waals surface area contributed by atoms with Crippen LogP contribution in [0.5, 0.6) is 0 Å². The predicted octanol–water partition coefficient (Wildman–Crippen LogP) is 9.99. The fourth-order valence-electron chi connectivity index (χ4n) is 4.98. The summed E-state index contributed by atoms with van der Waals surface area (Å²) < 4.78 is 6.17. The normalized spacial score (nSPS) is 10.7. The zero-order chi connectivity index (χ0) is 28.0. The molecule has 196 valence electrons. The first-order valence-corrected chi connectivity index (χ1v) is 14.2. The highest BCUT2D eigenvalue weighted by Crippen LogP contribution is 2.46. The molecule has 6 aromatic rings. The van der Waals surface area contributed by atoms with Crippen molar-refractivity contribution in [3.63, 3.8) is 0 Å². The van der Waals surface area contributed by atoms with Crippen LogP contribution in [0.4, 0.5) is 11.4 Å². The molecule has 0 heterocycles. The minimum Gasteiger partial charge on any atom is -0.237 e. The van der Waals surface area contributed by atoms with Gasteiger partial charge in [0.1, 0.15) is 0 Å². The molecule has 6 rings (SSSR count). The molecule has 0 saturated carbocycles. The monoisotopic (exact) mass is 568 g/mol. The Morgan fingerprint density at radius 3 is 1.37 bits per heavy atom. The van der Waals surface area contributed by atoms with E-state index in [0.717, 1.165) is 53.6 Å². The quantitative estimate of drug-likeness (QED) is 0.104. The average Bonchev–Trinajstić information content (AvgIpc) is 3.01. The lowest BCUT2D eigenvalue weighted by Gasteiger charge is -2.15. The van der Waals surface area contributed by atoms with E-state index in [1.54, 1.807) is 24.3 Å². The number of isocyanates is 2. The Hall–Kier alpha value is -4.74. The molecule has 0 unspecified atom stereocenters. The molecule has 0 radical (unpaired) electrons. The molecule has 0 saturated heterocycles. The van der Waals surface area contributed by atoms with E-state index in [9.17, 15) is 9.59 Å². The summed E-state index contributed by atoms with van der Waals surface area (Å²) in [6.45, 7) is 0. The van der Waals surface area contributed by atoms with Gasteiger partial charge in [0.25, 0.3) is 0 Å². The van der Waals surface area contributed by atoms with E-state index in [2.05, 4.69) is 9.98 Å². The second-order valence-corrected chi connectivity index (χ2v) is 10.8. The summed E-state index contributed by atoms with van der Waals surface area (Å²) in [5, 5.41) is 4.23. The molecule has 0 aliphatic heterocycles. The maximum absolute atomic E-state index is 11.3. The molecule has 6 aromatic carbocycles. The van der Waals surface area contributed by atoms with Crippen LogP contribution in [0.25, 0.3) is 43.8 Å². The number of benzene rings is 6. The molecule has 0 aromatic heterocycles. The van der Waals surface area contributed by atoms with Crippen LogP contribution in [0, 0.1) is 0 Å². The molecule has 0 amide bonds. The van der Waals surface area contributed by atoms with Crippen LogP contribution in [0.3, 0.4) is 0 Å². The summed E-state index contributed by atoms with van der Waals surface area (Å²) in [4.78, 5) is 32.2. The standard InChI is InChI=1S/C34H20N2O3S2/c37-21-35-29-17-7-19-31(33(29)27-15-5-11-23-9-1-3-13-25(23)27)40-39-41-32-20-8-18-30(36-22-38)34(32)28-16-6-12-24-10-2-4-14-26(24)28/h1-20H. The molecule has 0 N–H and O–H groups in total. The molecule has 41 heavy (non-hydrogen) atoms. The smallest absolute Gasteiger partial charge is 0.237 e. The number of nitrogens with zero attached hydrogens (tertiary/aromatic N) is 2. The minimum atomic E-state index is 0.508. The first-order valence-electron chi connectivity index (χ1n) is 12.7. The van der Waals surface area contributed by atoms with Crippen LogP contribution in [0.1, 0.15) is 0 Å². The van der Waals surface area contributed by atoms with Gasteiger partial charge in [-0.25, -0.2) is 13.2 Å². The lowest BCUT2D eigenvalue weighted by atomic mass is 9.97. The lowest BCUT2D eigenvalue weighted by Crippen LogP contribution is -1.88. The van der Waals surface area contributed by atoms with E-state index in [1.165, 1.54) is 24.1 Å². The third-order valence-corrected chi connectivity index (χ3v) is 8.29. The number of aliphatic imine (C=N–C) groups is 2. The van der Waals surface area contributed by atoms with Gasteiger partial charge in [-0.1, -0.05) is 97.1 Å². The molecule has 0 spiro atoms. The number of fused-ring (bicyclic) bond motifs is 2. The highest BCUT2D eigenvalue weighted by atomic mass is 32.2. The highest BCUT2D eigenvalue weighted by molar-refractivity contribution is 8.08. The lowest BCUT2D eigenvalue weighted by molar-refractivity contribution is 0.564. The summed E-state index contributed by atoms with van der Waals surface area (Å²) in [5.41, 5.74) is 4.46. The topological polar surface area (TPSA) is 68.1 Å².